The van der Waals surface area contributed by atoms with Crippen molar-refractivity contribution in [2.45, 2.75) is 141 Å². The molecule has 0 heterocycles. The Bertz CT molecular complexity index is 763. The van der Waals surface area contributed by atoms with Crippen LogP contribution in [0.4, 0.5) is 0 Å². The number of rotatable bonds is 25. The van der Waals surface area contributed by atoms with E-state index in [9.17, 15) is 28.0 Å². The van der Waals surface area contributed by atoms with Gasteiger partial charge in [0.25, 0.3) is 10.1 Å². The molecule has 4 N–H and O–H groups in total. The van der Waals surface area contributed by atoms with Gasteiger partial charge in [0.15, 0.2) is 0 Å². The van der Waals surface area contributed by atoms with Crippen LogP contribution in [0.1, 0.15) is 123 Å². The second-order valence-corrected chi connectivity index (χ2v) is 11.7. The van der Waals surface area contributed by atoms with Crippen LogP contribution in [-0.2, 0) is 14.9 Å². The number of hydrogen-bond donors (Lipinski definition) is 4. The Morgan fingerprint density at radius 2 is 1.21 bits per heavy atom. The SMILES string of the molecule is CCCC/C=C\CCCCCC(O)C(=O)NC(CS(=O)(=O)O)C(O)/C=C/CC/C=C/CCCCCCCC. The summed E-state index contributed by atoms with van der Waals surface area (Å²) < 4.78 is 32.1. The first-order valence-corrected chi connectivity index (χ1v) is 16.4. The van der Waals surface area contributed by atoms with Gasteiger partial charge in [-0.2, -0.15) is 8.42 Å². The molecule has 0 spiro atoms. The Morgan fingerprint density at radius 3 is 1.82 bits per heavy atom. The summed E-state index contributed by atoms with van der Waals surface area (Å²) in [4.78, 5) is 12.4. The first-order chi connectivity index (χ1) is 18.2. The summed E-state index contributed by atoms with van der Waals surface area (Å²) in [6.45, 7) is 4.37. The van der Waals surface area contributed by atoms with Crippen molar-refractivity contribution < 1.29 is 28.0 Å². The zero-order valence-corrected chi connectivity index (χ0v) is 24.7. The highest BCUT2D eigenvalue weighted by molar-refractivity contribution is 7.85. The summed E-state index contributed by atoms with van der Waals surface area (Å²) in [6, 6.07) is -1.25. The van der Waals surface area contributed by atoms with E-state index in [4.69, 9.17) is 0 Å². The normalized spacial score (nSPS) is 15.0. The highest BCUT2D eigenvalue weighted by atomic mass is 32.2. The number of aliphatic hydroxyl groups is 2. The van der Waals surface area contributed by atoms with Gasteiger partial charge >= 0.3 is 0 Å². The Balaban J connectivity index is 4.39. The van der Waals surface area contributed by atoms with Crippen molar-refractivity contribution in [2.24, 2.45) is 0 Å². The van der Waals surface area contributed by atoms with Crippen LogP contribution in [0.2, 0.25) is 0 Å². The molecule has 0 aliphatic rings. The molecule has 0 aliphatic carbocycles. The third-order valence-electron chi connectivity index (χ3n) is 6.40. The van der Waals surface area contributed by atoms with Gasteiger partial charge in [-0.25, -0.2) is 0 Å². The summed E-state index contributed by atoms with van der Waals surface area (Å²) >= 11 is 0. The lowest BCUT2D eigenvalue weighted by Crippen LogP contribution is -2.50. The Kier molecular flexibility index (Phi) is 23.6. The Labute approximate surface area is 232 Å². The fraction of sp³-hybridized carbons (Fsp3) is 0.767. The number of aliphatic hydroxyl groups excluding tert-OH is 2. The van der Waals surface area contributed by atoms with Crippen LogP contribution < -0.4 is 5.32 Å². The molecular formula is C30H55NO6S. The predicted octanol–water partition coefficient (Wildman–Crippen LogP) is 6.42. The highest BCUT2D eigenvalue weighted by Gasteiger charge is 2.27. The molecule has 3 unspecified atom stereocenters. The van der Waals surface area contributed by atoms with Crippen LogP contribution in [0.15, 0.2) is 36.5 Å². The summed E-state index contributed by atoms with van der Waals surface area (Å²) in [7, 11) is -4.44. The average molecular weight is 558 g/mol. The van der Waals surface area contributed by atoms with Gasteiger partial charge in [-0.1, -0.05) is 108 Å². The number of carbonyl (C=O) groups is 1. The van der Waals surface area contributed by atoms with Crippen LogP contribution in [-0.4, -0.2) is 53.1 Å². The Hall–Kier alpha value is -1.48. The summed E-state index contributed by atoms with van der Waals surface area (Å²) in [5.41, 5.74) is 0. The van der Waals surface area contributed by atoms with Crippen molar-refractivity contribution in [3.8, 4) is 0 Å². The monoisotopic (exact) mass is 557 g/mol. The molecule has 0 rings (SSSR count). The van der Waals surface area contributed by atoms with E-state index in [0.29, 0.717) is 12.8 Å². The van der Waals surface area contributed by atoms with Gasteiger partial charge in [-0.3, -0.25) is 9.35 Å². The van der Waals surface area contributed by atoms with Crippen molar-refractivity contribution in [1.29, 1.82) is 0 Å². The molecule has 7 nitrogen and oxygen atoms in total. The average Bonchev–Trinajstić information content (AvgIpc) is 2.86. The lowest BCUT2D eigenvalue weighted by molar-refractivity contribution is -0.130. The second-order valence-electron chi connectivity index (χ2n) is 10.2. The third kappa shape index (κ3) is 23.6. The van der Waals surface area contributed by atoms with E-state index in [0.717, 1.165) is 38.5 Å². The molecule has 0 aromatic heterocycles. The van der Waals surface area contributed by atoms with E-state index in [1.807, 2.05) is 0 Å². The number of carbonyl (C=O) groups excluding carboxylic acids is 1. The molecule has 0 aromatic rings. The minimum absolute atomic E-state index is 0.251. The van der Waals surface area contributed by atoms with Crippen LogP contribution in [0.5, 0.6) is 0 Å². The van der Waals surface area contributed by atoms with Crippen LogP contribution in [0.25, 0.3) is 0 Å². The second kappa shape index (κ2) is 24.6. The first kappa shape index (κ1) is 36.5. The maximum atomic E-state index is 12.4. The minimum Gasteiger partial charge on any atom is -0.387 e. The van der Waals surface area contributed by atoms with Gasteiger partial charge in [-0.05, 0) is 51.4 Å². The molecule has 1 amide bonds. The number of hydrogen-bond acceptors (Lipinski definition) is 5. The van der Waals surface area contributed by atoms with Crippen molar-refractivity contribution in [2.75, 3.05) is 5.75 Å². The highest BCUT2D eigenvalue weighted by Crippen LogP contribution is 2.10. The van der Waals surface area contributed by atoms with Gasteiger partial charge in [-0.15, -0.1) is 0 Å². The van der Waals surface area contributed by atoms with E-state index in [2.05, 4.69) is 43.5 Å². The summed E-state index contributed by atoms with van der Waals surface area (Å²) in [6.07, 6.45) is 26.5. The van der Waals surface area contributed by atoms with Crippen LogP contribution in [0, 0.1) is 0 Å². The zero-order chi connectivity index (χ0) is 28.5. The van der Waals surface area contributed by atoms with Gasteiger partial charge < -0.3 is 15.5 Å². The van der Waals surface area contributed by atoms with E-state index in [1.54, 1.807) is 6.08 Å². The predicted molar refractivity (Wildman–Crippen MR) is 158 cm³/mol. The molecule has 38 heavy (non-hydrogen) atoms. The van der Waals surface area contributed by atoms with Gasteiger partial charge in [0.1, 0.15) is 6.10 Å². The van der Waals surface area contributed by atoms with Crippen molar-refractivity contribution in [1.82, 2.24) is 5.32 Å². The third-order valence-corrected chi connectivity index (χ3v) is 7.18. The molecule has 8 heteroatoms. The fourth-order valence-electron chi connectivity index (χ4n) is 4.04. The standard InChI is InChI=1S/C30H55NO6S/c1-3-5-7-9-11-13-14-15-17-18-20-22-24-28(32)27(26-38(35,36)37)31-30(34)29(33)25-23-21-19-16-12-10-8-6-4-2/h10,12,15,17,22,24,27-29,32-33H,3-9,11,13-14,16,18-21,23,25-26H2,1-2H3,(H,31,34)(H,35,36,37)/b12-10-,17-15+,24-22+. The molecule has 0 radical (unpaired) electrons. The maximum absolute atomic E-state index is 12.4. The van der Waals surface area contributed by atoms with Gasteiger partial charge in [0.2, 0.25) is 5.91 Å². The smallest absolute Gasteiger partial charge is 0.267 e. The lowest BCUT2D eigenvalue weighted by atomic mass is 10.1. The molecule has 0 saturated heterocycles. The summed E-state index contributed by atoms with van der Waals surface area (Å²) in [5, 5.41) is 23.0. The van der Waals surface area contributed by atoms with Gasteiger partial charge in [0, 0.05) is 0 Å². The van der Waals surface area contributed by atoms with Crippen molar-refractivity contribution >= 4 is 16.0 Å². The van der Waals surface area contributed by atoms with Gasteiger partial charge in [0.05, 0.1) is 17.9 Å². The fourth-order valence-corrected chi connectivity index (χ4v) is 4.77. The van der Waals surface area contributed by atoms with Crippen molar-refractivity contribution in [3.63, 3.8) is 0 Å². The molecule has 222 valence electrons. The Morgan fingerprint density at radius 1 is 0.711 bits per heavy atom. The maximum Gasteiger partial charge on any atom is 0.267 e. The van der Waals surface area contributed by atoms with E-state index in [1.165, 1.54) is 57.4 Å². The van der Waals surface area contributed by atoms with E-state index in [-0.39, 0.29) is 6.42 Å². The number of unbranched alkanes of at least 4 members (excludes halogenated alkanes) is 12. The molecule has 0 bridgehead atoms. The quantitative estimate of drug-likeness (QED) is 0.0583. The zero-order valence-electron chi connectivity index (χ0n) is 23.9. The van der Waals surface area contributed by atoms with Crippen LogP contribution in [0.3, 0.4) is 0 Å². The molecule has 0 aliphatic heterocycles. The largest absolute Gasteiger partial charge is 0.387 e. The summed E-state index contributed by atoms with van der Waals surface area (Å²) in [5.74, 6) is -1.58. The van der Waals surface area contributed by atoms with Crippen LogP contribution >= 0.6 is 0 Å². The molecule has 0 aromatic carbocycles. The molecule has 0 saturated carbocycles. The number of allylic oxidation sites excluding steroid dienone is 5. The van der Waals surface area contributed by atoms with Crippen molar-refractivity contribution in [3.05, 3.63) is 36.5 Å². The molecule has 3 atom stereocenters. The topological polar surface area (TPSA) is 124 Å². The minimum atomic E-state index is -4.44. The first-order valence-electron chi connectivity index (χ1n) is 14.8. The number of amides is 1. The lowest BCUT2D eigenvalue weighted by Gasteiger charge is -2.22. The number of nitrogens with one attached hydrogen (secondary N) is 1. The molecule has 0 fully saturated rings. The van der Waals surface area contributed by atoms with E-state index < -0.39 is 40.0 Å². The molecular weight excluding hydrogens is 502 g/mol. The van der Waals surface area contributed by atoms with E-state index >= 15 is 0 Å².